The van der Waals surface area contributed by atoms with E-state index in [-0.39, 0.29) is 11.3 Å². The second-order valence-electron chi connectivity index (χ2n) is 8.46. The Bertz CT molecular complexity index is 1000. The number of phenolic OH excluding ortho intramolecular Hbond substituents is 1. The van der Waals surface area contributed by atoms with Gasteiger partial charge in [0.2, 0.25) is 5.95 Å². The van der Waals surface area contributed by atoms with Crippen LogP contribution in [0, 0.1) is 0 Å². The third kappa shape index (κ3) is 3.33. The van der Waals surface area contributed by atoms with Crippen LogP contribution in [0.3, 0.4) is 0 Å². The Morgan fingerprint density at radius 2 is 2.21 bits per heavy atom. The van der Waals surface area contributed by atoms with Crippen LogP contribution < -0.4 is 10.2 Å². The van der Waals surface area contributed by atoms with E-state index < -0.39 is 0 Å². The van der Waals surface area contributed by atoms with Crippen LogP contribution in [0.15, 0.2) is 43.1 Å². The Hall–Kier alpha value is -3.00. The number of hydrogen-bond acceptors (Lipinski definition) is 7. The highest BCUT2D eigenvalue weighted by atomic mass is 16.3. The molecule has 0 spiro atoms. The van der Waals surface area contributed by atoms with E-state index in [1.807, 2.05) is 29.9 Å². The van der Waals surface area contributed by atoms with Gasteiger partial charge in [0.15, 0.2) is 0 Å². The summed E-state index contributed by atoms with van der Waals surface area (Å²) in [5, 5.41) is 22.9. The molecule has 1 aromatic carbocycles. The molecular weight excluding hydrogens is 366 g/mol. The summed E-state index contributed by atoms with van der Waals surface area (Å²) in [6, 6.07) is 6.41. The average molecular weight is 391 g/mol. The van der Waals surface area contributed by atoms with E-state index in [1.165, 1.54) is 12.8 Å². The smallest absolute Gasteiger partial charge is 0.245 e. The highest BCUT2D eigenvalue weighted by Crippen LogP contribution is 2.37. The van der Waals surface area contributed by atoms with Crippen LogP contribution in [-0.4, -0.2) is 54.5 Å². The number of aromatic nitrogens is 5. The molecule has 0 saturated carbocycles. The van der Waals surface area contributed by atoms with Crippen molar-refractivity contribution >= 4 is 5.95 Å². The molecule has 2 N–H and O–H groups in total. The molecule has 3 atom stereocenters. The van der Waals surface area contributed by atoms with Crippen LogP contribution in [0.2, 0.25) is 0 Å². The molecule has 0 radical (unpaired) electrons. The number of phenols is 1. The number of nitrogens with zero attached hydrogens (tertiary/aromatic N) is 6. The third-order valence-corrected chi connectivity index (χ3v) is 6.31. The van der Waals surface area contributed by atoms with Crippen LogP contribution in [-0.2, 0) is 0 Å². The Balaban J connectivity index is 1.35. The van der Waals surface area contributed by atoms with E-state index >= 15 is 0 Å². The summed E-state index contributed by atoms with van der Waals surface area (Å²) in [6.07, 6.45) is 11.6. The van der Waals surface area contributed by atoms with Gasteiger partial charge in [-0.3, -0.25) is 0 Å². The second kappa shape index (κ2) is 6.81. The van der Waals surface area contributed by atoms with E-state index in [0.29, 0.717) is 29.3 Å². The zero-order valence-corrected chi connectivity index (χ0v) is 16.7. The molecule has 8 nitrogen and oxygen atoms in total. The first-order valence-corrected chi connectivity index (χ1v) is 10.0. The van der Waals surface area contributed by atoms with E-state index in [1.54, 1.807) is 24.8 Å². The number of imidazole rings is 1. The zero-order chi connectivity index (χ0) is 20.0. The third-order valence-electron chi connectivity index (χ3n) is 6.31. The minimum Gasteiger partial charge on any atom is -0.507 e. The Kier molecular flexibility index (Phi) is 4.24. The highest BCUT2D eigenvalue weighted by Gasteiger charge is 2.43. The maximum absolute atomic E-state index is 10.5. The molecule has 29 heavy (non-hydrogen) atoms. The fraction of sp³-hybridized carbons (Fsp3) is 0.429. The maximum Gasteiger partial charge on any atom is 0.245 e. The van der Waals surface area contributed by atoms with Gasteiger partial charge in [-0.05, 0) is 44.7 Å². The quantitative estimate of drug-likeness (QED) is 0.706. The average Bonchev–Trinajstić information content (AvgIpc) is 3.35. The summed E-state index contributed by atoms with van der Waals surface area (Å²) in [7, 11) is 2.05. The highest BCUT2D eigenvalue weighted by molar-refractivity contribution is 5.68. The summed E-state index contributed by atoms with van der Waals surface area (Å²) in [5.74, 6) is 0.759. The van der Waals surface area contributed by atoms with Gasteiger partial charge in [-0.2, -0.15) is 0 Å². The van der Waals surface area contributed by atoms with Gasteiger partial charge >= 0.3 is 0 Å². The van der Waals surface area contributed by atoms with Gasteiger partial charge in [0, 0.05) is 48.7 Å². The van der Waals surface area contributed by atoms with Gasteiger partial charge in [-0.25, -0.2) is 9.97 Å². The van der Waals surface area contributed by atoms with Crippen LogP contribution in [0.1, 0.15) is 32.6 Å². The topological polar surface area (TPSA) is 92.0 Å². The molecular formula is C21H25N7O. The zero-order valence-electron chi connectivity index (χ0n) is 16.7. The molecule has 3 aromatic rings. The molecule has 0 aliphatic carbocycles. The number of aromatic hydroxyl groups is 1. The lowest BCUT2D eigenvalue weighted by atomic mass is 9.89. The SMILES string of the molecule is CN(c1ncc(-c2ccc(-n3ccnc3)cc2O)nn1)[C@@H]1CC2CC[C@@](C)(C1)N2. The molecule has 2 aromatic heterocycles. The van der Waals surface area contributed by atoms with Crippen molar-refractivity contribution in [1.82, 2.24) is 30.0 Å². The van der Waals surface area contributed by atoms with Gasteiger partial charge in [-0.1, -0.05) is 0 Å². The first kappa shape index (κ1) is 18.1. The van der Waals surface area contributed by atoms with E-state index in [0.717, 1.165) is 18.5 Å². The van der Waals surface area contributed by atoms with Gasteiger partial charge in [0.05, 0.1) is 18.2 Å². The minimum atomic E-state index is 0.135. The predicted octanol–water partition coefficient (Wildman–Crippen LogP) is 2.54. The largest absolute Gasteiger partial charge is 0.507 e. The van der Waals surface area contributed by atoms with Crippen molar-refractivity contribution in [2.75, 3.05) is 11.9 Å². The van der Waals surface area contributed by atoms with Crippen molar-refractivity contribution in [3.05, 3.63) is 43.1 Å². The summed E-state index contributed by atoms with van der Waals surface area (Å²) in [4.78, 5) is 10.7. The van der Waals surface area contributed by atoms with Gasteiger partial charge in [0.25, 0.3) is 0 Å². The molecule has 0 amide bonds. The first-order valence-electron chi connectivity index (χ1n) is 10.0. The lowest BCUT2D eigenvalue weighted by Crippen LogP contribution is -2.53. The van der Waals surface area contributed by atoms with Gasteiger partial charge < -0.3 is 19.9 Å². The molecule has 2 fully saturated rings. The maximum atomic E-state index is 10.5. The number of piperidine rings is 1. The summed E-state index contributed by atoms with van der Waals surface area (Å²) in [5.41, 5.74) is 2.21. The molecule has 1 unspecified atom stereocenters. The number of fused-ring (bicyclic) bond motifs is 2. The molecule has 5 rings (SSSR count). The van der Waals surface area contributed by atoms with Crippen LogP contribution in [0.5, 0.6) is 5.75 Å². The fourth-order valence-electron chi connectivity index (χ4n) is 4.72. The van der Waals surface area contributed by atoms with Crippen LogP contribution in [0.25, 0.3) is 16.9 Å². The van der Waals surface area contributed by atoms with Crippen LogP contribution >= 0.6 is 0 Å². The first-order chi connectivity index (χ1) is 14.0. The molecule has 2 aliphatic heterocycles. The standard InChI is InChI=1S/C21H25N7O/c1-21-6-5-14(24-21)9-16(11-21)27(2)20-23-12-18(25-26-20)17-4-3-15(10-19(17)29)28-8-7-22-13-28/h3-4,7-8,10,12-14,16,24,29H,5-6,9,11H2,1-2H3/t14?,16-,21+/m1/s1. The van der Waals surface area contributed by atoms with Crippen molar-refractivity contribution in [2.24, 2.45) is 0 Å². The van der Waals surface area contributed by atoms with E-state index in [4.69, 9.17) is 0 Å². The Morgan fingerprint density at radius 1 is 1.31 bits per heavy atom. The molecule has 2 bridgehead atoms. The molecule has 8 heteroatoms. The normalized spacial score (nSPS) is 25.9. The van der Waals surface area contributed by atoms with Crippen molar-refractivity contribution in [3.8, 4) is 22.7 Å². The lowest BCUT2D eigenvalue weighted by Gasteiger charge is -2.40. The van der Waals surface area contributed by atoms with Crippen molar-refractivity contribution < 1.29 is 5.11 Å². The number of rotatable bonds is 4. The molecule has 2 aliphatic rings. The molecule has 4 heterocycles. The lowest BCUT2D eigenvalue weighted by molar-refractivity contribution is 0.266. The van der Waals surface area contributed by atoms with Crippen LogP contribution in [0.4, 0.5) is 5.95 Å². The summed E-state index contributed by atoms with van der Waals surface area (Å²) < 4.78 is 1.83. The monoisotopic (exact) mass is 391 g/mol. The summed E-state index contributed by atoms with van der Waals surface area (Å²) >= 11 is 0. The number of nitrogens with one attached hydrogen (secondary N) is 1. The van der Waals surface area contributed by atoms with Gasteiger partial charge in [0.1, 0.15) is 11.4 Å². The Morgan fingerprint density at radius 3 is 2.90 bits per heavy atom. The van der Waals surface area contributed by atoms with Crippen molar-refractivity contribution in [3.63, 3.8) is 0 Å². The van der Waals surface area contributed by atoms with Gasteiger partial charge in [-0.15, -0.1) is 10.2 Å². The minimum absolute atomic E-state index is 0.135. The van der Waals surface area contributed by atoms with E-state index in [2.05, 4.69) is 37.3 Å². The van der Waals surface area contributed by atoms with E-state index in [9.17, 15) is 5.11 Å². The second-order valence-corrected chi connectivity index (χ2v) is 8.46. The van der Waals surface area contributed by atoms with Crippen molar-refractivity contribution in [2.45, 2.75) is 50.2 Å². The number of hydrogen-bond donors (Lipinski definition) is 2. The summed E-state index contributed by atoms with van der Waals surface area (Å²) in [6.45, 7) is 2.31. The number of benzene rings is 1. The fourth-order valence-corrected chi connectivity index (χ4v) is 4.72. The predicted molar refractivity (Wildman–Crippen MR) is 110 cm³/mol. The number of anilines is 1. The molecule has 2 saturated heterocycles. The molecule has 150 valence electrons. The Labute approximate surface area is 169 Å². The van der Waals surface area contributed by atoms with Crippen molar-refractivity contribution in [1.29, 1.82) is 0 Å².